The van der Waals surface area contributed by atoms with Crippen LogP contribution in [0.25, 0.3) is 0 Å². The molecule has 0 radical (unpaired) electrons. The second-order valence-electron chi connectivity index (χ2n) is 6.83. The Balaban J connectivity index is 1.52. The van der Waals surface area contributed by atoms with Crippen LogP contribution in [-0.4, -0.2) is 41.1 Å². The van der Waals surface area contributed by atoms with Crippen LogP contribution in [0.4, 0.5) is 0 Å². The van der Waals surface area contributed by atoms with Gasteiger partial charge in [-0.3, -0.25) is 9.69 Å². The van der Waals surface area contributed by atoms with Crippen LogP contribution in [0, 0.1) is 5.92 Å². The van der Waals surface area contributed by atoms with Crippen molar-refractivity contribution in [2.75, 3.05) is 13.1 Å². The van der Waals surface area contributed by atoms with Crippen LogP contribution in [0.15, 0.2) is 24.3 Å². The highest BCUT2D eigenvalue weighted by molar-refractivity contribution is 6.30. The van der Waals surface area contributed by atoms with Crippen molar-refractivity contribution in [3.05, 3.63) is 34.9 Å². The van der Waals surface area contributed by atoms with Crippen LogP contribution in [-0.2, 0) is 4.79 Å². The van der Waals surface area contributed by atoms with E-state index in [0.717, 1.165) is 43.8 Å². The highest BCUT2D eigenvalue weighted by atomic mass is 35.5. The summed E-state index contributed by atoms with van der Waals surface area (Å²) >= 11 is 6.08. The average Bonchev–Trinajstić information content (AvgIpc) is 3.37. The minimum atomic E-state index is -0.862. The smallest absolute Gasteiger partial charge is 0.249 e. The van der Waals surface area contributed by atoms with Crippen LogP contribution in [0.5, 0.6) is 0 Å². The molecule has 0 aromatic heterocycles. The molecule has 2 atom stereocenters. The summed E-state index contributed by atoms with van der Waals surface area (Å²) in [7, 11) is 0. The fraction of sp³-hybridized carbons (Fsp3) is 0.611. The Morgan fingerprint density at radius 2 is 2.00 bits per heavy atom. The molecular formula is C18H25ClN2O2. The Bertz CT molecular complexity index is 554. The summed E-state index contributed by atoms with van der Waals surface area (Å²) in [6.45, 7) is 3.97. The first kappa shape index (κ1) is 16.7. The van der Waals surface area contributed by atoms with E-state index in [2.05, 4.69) is 23.2 Å². The first-order valence-electron chi connectivity index (χ1n) is 8.52. The summed E-state index contributed by atoms with van der Waals surface area (Å²) in [6, 6.07) is 8.58. The second-order valence-corrected chi connectivity index (χ2v) is 7.27. The van der Waals surface area contributed by atoms with Gasteiger partial charge in [0, 0.05) is 17.1 Å². The van der Waals surface area contributed by atoms with Gasteiger partial charge in [0.15, 0.2) is 0 Å². The number of benzene rings is 1. The van der Waals surface area contributed by atoms with Crippen LogP contribution in [0.2, 0.25) is 5.02 Å². The van der Waals surface area contributed by atoms with Gasteiger partial charge in [0.1, 0.15) is 6.10 Å². The summed E-state index contributed by atoms with van der Waals surface area (Å²) in [6.07, 6.45) is 2.94. The molecule has 1 heterocycles. The van der Waals surface area contributed by atoms with Crippen LogP contribution < -0.4 is 5.32 Å². The molecule has 5 heteroatoms. The lowest BCUT2D eigenvalue weighted by molar-refractivity contribution is -0.133. The van der Waals surface area contributed by atoms with Crippen molar-refractivity contribution in [1.29, 1.82) is 0 Å². The summed E-state index contributed by atoms with van der Waals surface area (Å²) in [5.74, 6) is -0.120. The lowest BCUT2D eigenvalue weighted by Gasteiger charge is -2.37. The standard InChI is InChI=1S/C18H25ClN2O2/c1-12(14-3-2-4-15(19)11-14)21-9-7-13(8-10-21)17(22)18(23)20-16-5-6-16/h2-4,11-13,16-17,22H,5-10H2,1H3,(H,20,23). The van der Waals surface area contributed by atoms with Crippen molar-refractivity contribution in [1.82, 2.24) is 10.2 Å². The first-order chi connectivity index (χ1) is 11.0. The van der Waals surface area contributed by atoms with Crippen molar-refractivity contribution in [2.24, 2.45) is 5.92 Å². The van der Waals surface area contributed by atoms with Gasteiger partial charge in [-0.25, -0.2) is 0 Å². The van der Waals surface area contributed by atoms with E-state index in [4.69, 9.17) is 11.6 Å². The molecule has 0 bridgehead atoms. The maximum absolute atomic E-state index is 12.0. The van der Waals surface area contributed by atoms with Gasteiger partial charge in [0.05, 0.1) is 0 Å². The Hall–Kier alpha value is -1.10. The van der Waals surface area contributed by atoms with Gasteiger partial charge in [0.2, 0.25) is 5.91 Å². The highest BCUT2D eigenvalue weighted by Crippen LogP contribution is 2.29. The number of hydrogen-bond donors (Lipinski definition) is 2. The monoisotopic (exact) mass is 336 g/mol. The third-order valence-corrected chi connectivity index (χ3v) is 5.33. The zero-order valence-electron chi connectivity index (χ0n) is 13.5. The number of amides is 1. The largest absolute Gasteiger partial charge is 0.383 e. The molecule has 1 aliphatic heterocycles. The number of carbonyl (C=O) groups excluding carboxylic acids is 1. The van der Waals surface area contributed by atoms with Gasteiger partial charge in [-0.15, -0.1) is 0 Å². The number of carbonyl (C=O) groups is 1. The zero-order chi connectivity index (χ0) is 16.4. The van der Waals surface area contributed by atoms with Crippen LogP contribution >= 0.6 is 11.6 Å². The van der Waals surface area contributed by atoms with Gasteiger partial charge in [-0.2, -0.15) is 0 Å². The van der Waals surface area contributed by atoms with Gasteiger partial charge in [0.25, 0.3) is 0 Å². The summed E-state index contributed by atoms with van der Waals surface area (Å²) in [4.78, 5) is 14.4. The zero-order valence-corrected chi connectivity index (χ0v) is 14.3. The maximum Gasteiger partial charge on any atom is 0.249 e. The van der Waals surface area contributed by atoms with E-state index in [1.807, 2.05) is 18.2 Å². The molecular weight excluding hydrogens is 312 g/mol. The second kappa shape index (κ2) is 7.20. The molecule has 2 unspecified atom stereocenters. The van der Waals surface area contributed by atoms with Gasteiger partial charge >= 0.3 is 0 Å². The Morgan fingerprint density at radius 3 is 2.61 bits per heavy atom. The quantitative estimate of drug-likeness (QED) is 0.869. The molecule has 2 fully saturated rings. The third-order valence-electron chi connectivity index (χ3n) is 5.09. The normalized spacial score (nSPS) is 22.6. The molecule has 3 rings (SSSR count). The van der Waals surface area contributed by atoms with E-state index in [0.29, 0.717) is 12.1 Å². The van der Waals surface area contributed by atoms with Gasteiger partial charge < -0.3 is 10.4 Å². The Morgan fingerprint density at radius 1 is 1.30 bits per heavy atom. The molecule has 2 N–H and O–H groups in total. The van der Waals surface area contributed by atoms with E-state index in [1.165, 1.54) is 5.56 Å². The van der Waals surface area contributed by atoms with Crippen molar-refractivity contribution in [3.63, 3.8) is 0 Å². The molecule has 1 saturated carbocycles. The molecule has 1 aromatic carbocycles. The van der Waals surface area contributed by atoms with E-state index in [1.54, 1.807) is 0 Å². The summed E-state index contributed by atoms with van der Waals surface area (Å²) in [5, 5.41) is 13.9. The minimum Gasteiger partial charge on any atom is -0.383 e. The molecule has 0 spiro atoms. The molecule has 1 amide bonds. The minimum absolute atomic E-state index is 0.0663. The predicted octanol–water partition coefficient (Wildman–Crippen LogP) is 2.75. The van der Waals surface area contributed by atoms with E-state index >= 15 is 0 Å². The lowest BCUT2D eigenvalue weighted by atomic mass is 9.89. The Kier molecular flexibility index (Phi) is 5.24. The Labute approximate surface area is 142 Å². The molecule has 1 saturated heterocycles. The van der Waals surface area contributed by atoms with E-state index in [-0.39, 0.29) is 11.8 Å². The van der Waals surface area contributed by atoms with Crippen molar-refractivity contribution in [2.45, 2.75) is 50.8 Å². The summed E-state index contributed by atoms with van der Waals surface area (Å²) in [5.41, 5.74) is 1.21. The molecule has 23 heavy (non-hydrogen) atoms. The third kappa shape index (κ3) is 4.25. The van der Waals surface area contributed by atoms with E-state index < -0.39 is 6.10 Å². The SMILES string of the molecule is CC(c1cccc(Cl)c1)N1CCC(C(O)C(=O)NC2CC2)CC1. The van der Waals surface area contributed by atoms with Gasteiger partial charge in [-0.1, -0.05) is 23.7 Å². The number of hydrogen-bond acceptors (Lipinski definition) is 3. The molecule has 2 aliphatic rings. The molecule has 1 aromatic rings. The fourth-order valence-corrected chi connectivity index (χ4v) is 3.53. The number of aliphatic hydroxyl groups is 1. The number of likely N-dealkylation sites (tertiary alicyclic amines) is 1. The number of halogens is 1. The van der Waals surface area contributed by atoms with Crippen LogP contribution in [0.1, 0.15) is 44.2 Å². The van der Waals surface area contributed by atoms with Gasteiger partial charge in [-0.05, 0) is 69.3 Å². The van der Waals surface area contributed by atoms with Crippen LogP contribution in [0.3, 0.4) is 0 Å². The number of piperidine rings is 1. The number of nitrogens with zero attached hydrogens (tertiary/aromatic N) is 1. The van der Waals surface area contributed by atoms with E-state index in [9.17, 15) is 9.90 Å². The lowest BCUT2D eigenvalue weighted by Crippen LogP contribution is -2.45. The summed E-state index contributed by atoms with van der Waals surface area (Å²) < 4.78 is 0. The molecule has 4 nitrogen and oxygen atoms in total. The molecule has 1 aliphatic carbocycles. The van der Waals surface area contributed by atoms with Crippen molar-refractivity contribution in [3.8, 4) is 0 Å². The number of nitrogens with one attached hydrogen (secondary N) is 1. The first-order valence-corrected chi connectivity index (χ1v) is 8.90. The fourth-order valence-electron chi connectivity index (χ4n) is 3.33. The number of aliphatic hydroxyl groups excluding tert-OH is 1. The van der Waals surface area contributed by atoms with Crippen molar-refractivity contribution >= 4 is 17.5 Å². The average molecular weight is 337 g/mol. The topological polar surface area (TPSA) is 52.6 Å². The molecule has 126 valence electrons. The predicted molar refractivity (Wildman–Crippen MR) is 91.3 cm³/mol. The maximum atomic E-state index is 12.0. The number of rotatable bonds is 5. The highest BCUT2D eigenvalue weighted by Gasteiger charge is 2.33. The van der Waals surface area contributed by atoms with Crippen molar-refractivity contribution < 1.29 is 9.90 Å².